The van der Waals surface area contributed by atoms with Crippen molar-refractivity contribution in [2.75, 3.05) is 34.4 Å². The van der Waals surface area contributed by atoms with Gasteiger partial charge in [-0.1, -0.05) is 20.8 Å². The molecule has 0 unspecified atom stereocenters. The molecule has 0 radical (unpaired) electrons. The van der Waals surface area contributed by atoms with Gasteiger partial charge < -0.3 is 25.4 Å². The lowest BCUT2D eigenvalue weighted by Gasteiger charge is -2.04. The molecular weight excluding hydrogens is 290 g/mol. The number of ether oxygens (including phenoxy) is 2. The van der Waals surface area contributed by atoms with Gasteiger partial charge in [0.25, 0.3) is 0 Å². The highest BCUT2D eigenvalue weighted by molar-refractivity contribution is 5.72. The molecule has 0 aliphatic heterocycles. The fourth-order valence-corrected chi connectivity index (χ4v) is 0.581. The maximum atomic E-state index is 10.4. The molecule has 0 atom stereocenters. The minimum absolute atomic E-state index is 0.00463. The van der Waals surface area contributed by atoms with Crippen LogP contribution in [-0.2, 0) is 14.3 Å². The molecule has 0 bridgehead atoms. The van der Waals surface area contributed by atoms with E-state index in [9.17, 15) is 14.4 Å². The van der Waals surface area contributed by atoms with Crippen LogP contribution in [0.3, 0.4) is 0 Å². The Bertz CT molecular complexity index is 296. The van der Waals surface area contributed by atoms with Gasteiger partial charge in [-0.3, -0.25) is 4.79 Å². The highest BCUT2D eigenvalue weighted by atomic mass is 16.6. The Morgan fingerprint density at radius 2 is 1.32 bits per heavy atom. The van der Waals surface area contributed by atoms with Crippen molar-refractivity contribution in [3.63, 3.8) is 0 Å². The molecule has 0 rings (SSSR count). The summed E-state index contributed by atoms with van der Waals surface area (Å²) in [4.78, 5) is 30.3. The lowest BCUT2D eigenvalue weighted by atomic mass is 10.2. The Balaban J connectivity index is -0.000000257. The number of carbonyl (C=O) groups excluding carboxylic acids is 3. The largest absolute Gasteiger partial charge is 0.450 e. The standard InChI is InChI=1S/C6H13NO2.C5H11NO2.C3H7NO/c1-5(2)4-9-6(8)7-3;1-3-4-8-5(7)6-2;1-3(5)4-2/h5H,4H2,1-3H3,(H,7,8);3-4H2,1-2H3,(H,6,7);1-2H3,(H,4,5). The van der Waals surface area contributed by atoms with Crippen molar-refractivity contribution >= 4 is 18.1 Å². The topological polar surface area (TPSA) is 106 Å². The third-order valence-corrected chi connectivity index (χ3v) is 1.75. The van der Waals surface area contributed by atoms with Crippen LogP contribution in [0, 0.1) is 5.92 Å². The molecule has 0 spiro atoms. The Morgan fingerprint density at radius 3 is 1.59 bits per heavy atom. The summed E-state index contributed by atoms with van der Waals surface area (Å²) in [6.45, 7) is 8.38. The number of amides is 3. The Morgan fingerprint density at radius 1 is 0.909 bits per heavy atom. The van der Waals surface area contributed by atoms with Crippen LogP contribution in [0.5, 0.6) is 0 Å². The van der Waals surface area contributed by atoms with Gasteiger partial charge in [-0.25, -0.2) is 9.59 Å². The highest BCUT2D eigenvalue weighted by Gasteiger charge is 1.98. The first-order chi connectivity index (χ1) is 10.2. The Hall–Kier alpha value is -1.99. The zero-order valence-corrected chi connectivity index (χ0v) is 14.7. The molecule has 0 aromatic rings. The first-order valence-electron chi connectivity index (χ1n) is 7.12. The fraction of sp³-hybridized carbons (Fsp3) is 0.786. The first-order valence-corrected chi connectivity index (χ1v) is 7.12. The molecule has 8 nitrogen and oxygen atoms in total. The molecule has 3 N–H and O–H groups in total. The van der Waals surface area contributed by atoms with E-state index in [0.29, 0.717) is 19.1 Å². The molecule has 0 aliphatic carbocycles. The van der Waals surface area contributed by atoms with Gasteiger partial charge in [0.2, 0.25) is 5.91 Å². The minimum atomic E-state index is -0.358. The van der Waals surface area contributed by atoms with Gasteiger partial charge >= 0.3 is 12.2 Å². The van der Waals surface area contributed by atoms with Crippen LogP contribution in [0.4, 0.5) is 9.59 Å². The Labute approximate surface area is 133 Å². The van der Waals surface area contributed by atoms with Crippen molar-refractivity contribution in [1.29, 1.82) is 0 Å². The summed E-state index contributed by atoms with van der Waals surface area (Å²) in [5.74, 6) is 0.410. The van der Waals surface area contributed by atoms with E-state index >= 15 is 0 Å². The average Bonchev–Trinajstić information content (AvgIpc) is 2.51. The normalized spacial score (nSPS) is 8.36. The third kappa shape index (κ3) is 30.8. The first kappa shape index (κ1) is 25.0. The SMILES string of the molecule is CCCOC(=O)NC.CNC(=O)OCC(C)C.CNC(C)=O. The molecule has 0 aromatic heterocycles. The third-order valence-electron chi connectivity index (χ3n) is 1.75. The zero-order chi connectivity index (χ0) is 18.0. The lowest BCUT2D eigenvalue weighted by molar-refractivity contribution is -0.118. The lowest BCUT2D eigenvalue weighted by Crippen LogP contribution is -2.21. The van der Waals surface area contributed by atoms with Gasteiger partial charge in [0.1, 0.15) is 0 Å². The van der Waals surface area contributed by atoms with Gasteiger partial charge in [-0.05, 0) is 12.3 Å². The van der Waals surface area contributed by atoms with Crippen LogP contribution in [0.2, 0.25) is 0 Å². The van der Waals surface area contributed by atoms with E-state index in [-0.39, 0.29) is 18.1 Å². The number of carbonyl (C=O) groups is 3. The molecule has 8 heteroatoms. The molecule has 0 saturated carbocycles. The van der Waals surface area contributed by atoms with Gasteiger partial charge in [0, 0.05) is 28.1 Å². The van der Waals surface area contributed by atoms with Crippen LogP contribution >= 0.6 is 0 Å². The predicted molar refractivity (Wildman–Crippen MR) is 85.7 cm³/mol. The monoisotopic (exact) mass is 321 g/mol. The summed E-state index contributed by atoms with van der Waals surface area (Å²) >= 11 is 0. The van der Waals surface area contributed by atoms with E-state index in [1.807, 2.05) is 20.8 Å². The summed E-state index contributed by atoms with van der Waals surface area (Å²) in [5, 5.41) is 7.09. The van der Waals surface area contributed by atoms with Gasteiger partial charge in [0.05, 0.1) is 13.2 Å². The van der Waals surface area contributed by atoms with Crippen molar-refractivity contribution in [1.82, 2.24) is 16.0 Å². The molecule has 0 fully saturated rings. The summed E-state index contributed by atoms with van der Waals surface area (Å²) in [7, 11) is 4.68. The zero-order valence-electron chi connectivity index (χ0n) is 14.7. The van der Waals surface area contributed by atoms with Crippen molar-refractivity contribution in [2.24, 2.45) is 5.92 Å². The van der Waals surface area contributed by atoms with Crippen molar-refractivity contribution in [3.8, 4) is 0 Å². The summed E-state index contributed by atoms with van der Waals surface area (Å²) in [6, 6.07) is 0. The van der Waals surface area contributed by atoms with Crippen LogP contribution in [-0.4, -0.2) is 52.5 Å². The van der Waals surface area contributed by atoms with Crippen LogP contribution in [0.1, 0.15) is 34.1 Å². The van der Waals surface area contributed by atoms with E-state index < -0.39 is 0 Å². The second kappa shape index (κ2) is 19.0. The van der Waals surface area contributed by atoms with Crippen molar-refractivity contribution in [2.45, 2.75) is 34.1 Å². The predicted octanol–water partition coefficient (Wildman–Crippen LogP) is 1.50. The van der Waals surface area contributed by atoms with E-state index in [2.05, 4.69) is 20.7 Å². The smallest absolute Gasteiger partial charge is 0.406 e. The quantitative estimate of drug-likeness (QED) is 0.727. The molecular formula is C14H31N3O5. The molecule has 3 amide bonds. The summed E-state index contributed by atoms with van der Waals surface area (Å²) in [6.07, 6.45) is 0.156. The van der Waals surface area contributed by atoms with Crippen molar-refractivity contribution in [3.05, 3.63) is 0 Å². The average molecular weight is 321 g/mol. The number of nitrogens with one attached hydrogen (secondary N) is 3. The van der Waals surface area contributed by atoms with E-state index in [1.54, 1.807) is 14.1 Å². The second-order valence-electron chi connectivity index (χ2n) is 4.43. The second-order valence-corrected chi connectivity index (χ2v) is 4.43. The number of hydrogen-bond donors (Lipinski definition) is 3. The fourth-order valence-electron chi connectivity index (χ4n) is 0.581. The van der Waals surface area contributed by atoms with Gasteiger partial charge in [-0.2, -0.15) is 0 Å². The van der Waals surface area contributed by atoms with Gasteiger partial charge in [-0.15, -0.1) is 0 Å². The van der Waals surface area contributed by atoms with E-state index in [4.69, 9.17) is 4.74 Å². The number of hydrogen-bond acceptors (Lipinski definition) is 5. The number of alkyl carbamates (subject to hydrolysis) is 2. The maximum absolute atomic E-state index is 10.4. The maximum Gasteiger partial charge on any atom is 0.406 e. The van der Waals surface area contributed by atoms with Crippen molar-refractivity contribution < 1.29 is 23.9 Å². The van der Waals surface area contributed by atoms with E-state index in [1.165, 1.54) is 14.0 Å². The van der Waals surface area contributed by atoms with E-state index in [0.717, 1.165) is 6.42 Å². The summed E-state index contributed by atoms with van der Waals surface area (Å²) in [5.41, 5.74) is 0. The molecule has 132 valence electrons. The molecule has 0 aromatic carbocycles. The molecule has 22 heavy (non-hydrogen) atoms. The van der Waals surface area contributed by atoms with Crippen LogP contribution in [0.15, 0.2) is 0 Å². The Kier molecular flexibility index (Phi) is 21.6. The summed E-state index contributed by atoms with van der Waals surface area (Å²) < 4.78 is 9.29. The van der Waals surface area contributed by atoms with Crippen LogP contribution in [0.25, 0.3) is 0 Å². The number of rotatable bonds is 4. The molecule has 0 saturated heterocycles. The molecule has 0 aliphatic rings. The molecule has 0 heterocycles. The van der Waals surface area contributed by atoms with Crippen LogP contribution < -0.4 is 16.0 Å². The minimum Gasteiger partial charge on any atom is -0.450 e. The highest BCUT2D eigenvalue weighted by Crippen LogP contribution is 1.91. The van der Waals surface area contributed by atoms with Gasteiger partial charge in [0.15, 0.2) is 0 Å².